The minimum Gasteiger partial charge on any atom is -0.468 e. The summed E-state index contributed by atoms with van der Waals surface area (Å²) in [7, 11) is -2.74. The lowest BCUT2D eigenvalue weighted by molar-refractivity contribution is -0.142. The molecule has 0 amide bonds. The maximum Gasteiger partial charge on any atom is 0.325 e. The van der Waals surface area contributed by atoms with Gasteiger partial charge >= 0.3 is 5.97 Å². The molecule has 5 nitrogen and oxygen atoms in total. The molecule has 0 spiro atoms. The van der Waals surface area contributed by atoms with E-state index in [1.807, 2.05) is 6.92 Å². The van der Waals surface area contributed by atoms with Crippen LogP contribution >= 0.6 is 11.6 Å². The van der Waals surface area contributed by atoms with Gasteiger partial charge in [-0.1, -0.05) is 48.0 Å². The van der Waals surface area contributed by atoms with Crippen molar-refractivity contribution in [1.82, 2.24) is 4.72 Å². The van der Waals surface area contributed by atoms with Crippen LogP contribution in [-0.4, -0.2) is 27.5 Å². The molecule has 0 unspecified atom stereocenters. The van der Waals surface area contributed by atoms with Crippen molar-refractivity contribution in [2.75, 3.05) is 7.11 Å². The Morgan fingerprint density at radius 1 is 1.08 bits per heavy atom. The van der Waals surface area contributed by atoms with Crippen LogP contribution in [0.1, 0.15) is 16.5 Å². The van der Waals surface area contributed by atoms with Crippen LogP contribution in [0.3, 0.4) is 0 Å². The van der Waals surface area contributed by atoms with Crippen LogP contribution in [0.15, 0.2) is 59.5 Å². The molecular formula is C17H18ClNO4S. The normalized spacial score (nSPS) is 14.0. The Morgan fingerprint density at radius 2 is 1.67 bits per heavy atom. The van der Waals surface area contributed by atoms with Gasteiger partial charge in [-0.05, 0) is 24.6 Å². The largest absolute Gasteiger partial charge is 0.468 e. The number of carbonyl (C=O) groups excluding carboxylic acids is 1. The second kappa shape index (κ2) is 7.79. The number of esters is 1. The van der Waals surface area contributed by atoms with Gasteiger partial charge in [-0.2, -0.15) is 4.72 Å². The van der Waals surface area contributed by atoms with Crippen LogP contribution in [0, 0.1) is 6.92 Å². The molecule has 0 aromatic heterocycles. The Bertz CT molecular complexity index is 791. The number of sulfonamides is 1. The summed E-state index contributed by atoms with van der Waals surface area (Å²) in [5, 5.41) is -0.904. The van der Waals surface area contributed by atoms with Crippen LogP contribution < -0.4 is 4.72 Å². The van der Waals surface area contributed by atoms with Gasteiger partial charge < -0.3 is 4.74 Å². The fraction of sp³-hybridized carbons (Fsp3) is 0.235. The average Bonchev–Trinajstić information content (AvgIpc) is 2.59. The molecule has 0 aliphatic carbocycles. The second-order valence-corrected chi connectivity index (χ2v) is 7.43. The average molecular weight is 368 g/mol. The van der Waals surface area contributed by atoms with Gasteiger partial charge in [-0.15, -0.1) is 11.6 Å². The molecule has 0 aliphatic rings. The Balaban J connectivity index is 2.32. The van der Waals surface area contributed by atoms with Crippen molar-refractivity contribution in [2.24, 2.45) is 0 Å². The molecule has 2 rings (SSSR count). The zero-order chi connectivity index (χ0) is 17.7. The van der Waals surface area contributed by atoms with Crippen molar-refractivity contribution in [3.8, 4) is 0 Å². The molecule has 0 radical (unpaired) electrons. The minimum absolute atomic E-state index is 0.0546. The van der Waals surface area contributed by atoms with E-state index in [4.69, 9.17) is 16.3 Å². The summed E-state index contributed by atoms with van der Waals surface area (Å²) in [6, 6.07) is 13.8. The van der Waals surface area contributed by atoms with Crippen molar-refractivity contribution in [3.05, 3.63) is 65.7 Å². The molecular weight excluding hydrogens is 350 g/mol. The molecule has 7 heteroatoms. The van der Waals surface area contributed by atoms with Gasteiger partial charge in [0.15, 0.2) is 0 Å². The lowest BCUT2D eigenvalue weighted by atomic mass is 10.1. The number of ether oxygens (including phenoxy) is 1. The number of alkyl halides is 1. The standard InChI is InChI=1S/C17H18ClNO4S/c1-12-8-10-14(11-9-12)24(21,22)19-16(17(20)23-2)15(18)13-6-4-3-5-7-13/h3-11,15-16,19H,1-2H3/t15-,16-/m1/s1. The summed E-state index contributed by atoms with van der Waals surface area (Å²) >= 11 is 6.34. The molecule has 0 heterocycles. The van der Waals surface area contributed by atoms with Gasteiger partial charge in [-0.25, -0.2) is 8.42 Å². The molecule has 1 N–H and O–H groups in total. The number of aryl methyl sites for hydroxylation is 1. The summed E-state index contributed by atoms with van der Waals surface area (Å²) in [5.41, 5.74) is 1.54. The van der Waals surface area contributed by atoms with E-state index in [1.54, 1.807) is 42.5 Å². The van der Waals surface area contributed by atoms with E-state index in [-0.39, 0.29) is 4.90 Å². The van der Waals surface area contributed by atoms with Crippen LogP contribution in [-0.2, 0) is 19.6 Å². The quantitative estimate of drug-likeness (QED) is 0.629. The number of hydrogen-bond acceptors (Lipinski definition) is 4. The van der Waals surface area contributed by atoms with Gasteiger partial charge in [0.05, 0.1) is 17.4 Å². The highest BCUT2D eigenvalue weighted by atomic mass is 35.5. The molecule has 2 atom stereocenters. The molecule has 24 heavy (non-hydrogen) atoms. The number of rotatable bonds is 6. The topological polar surface area (TPSA) is 72.5 Å². The maximum atomic E-state index is 12.5. The number of carbonyl (C=O) groups is 1. The zero-order valence-electron chi connectivity index (χ0n) is 13.3. The van der Waals surface area contributed by atoms with E-state index in [0.717, 1.165) is 5.56 Å². The summed E-state index contributed by atoms with van der Waals surface area (Å²) in [6.07, 6.45) is 0. The fourth-order valence-corrected chi connectivity index (χ4v) is 3.72. The Morgan fingerprint density at radius 3 is 2.21 bits per heavy atom. The molecule has 2 aromatic carbocycles. The van der Waals surface area contributed by atoms with Crippen LogP contribution in [0.4, 0.5) is 0 Å². The van der Waals surface area contributed by atoms with Crippen molar-refractivity contribution >= 4 is 27.6 Å². The van der Waals surface area contributed by atoms with E-state index in [2.05, 4.69) is 4.72 Å². The molecule has 0 bridgehead atoms. The second-order valence-electron chi connectivity index (χ2n) is 5.25. The number of hydrogen-bond donors (Lipinski definition) is 1. The van der Waals surface area contributed by atoms with Gasteiger partial charge in [0.25, 0.3) is 0 Å². The highest BCUT2D eigenvalue weighted by Gasteiger charge is 2.33. The number of nitrogens with one attached hydrogen (secondary N) is 1. The maximum absolute atomic E-state index is 12.5. The highest BCUT2D eigenvalue weighted by Crippen LogP contribution is 2.26. The predicted octanol–water partition coefficient (Wildman–Crippen LogP) is 2.80. The van der Waals surface area contributed by atoms with Gasteiger partial charge in [-0.3, -0.25) is 4.79 Å². The van der Waals surface area contributed by atoms with E-state index in [1.165, 1.54) is 19.2 Å². The number of halogens is 1. The fourth-order valence-electron chi connectivity index (χ4n) is 2.14. The molecule has 128 valence electrons. The lowest BCUT2D eigenvalue weighted by Crippen LogP contribution is -2.44. The van der Waals surface area contributed by atoms with Crippen molar-refractivity contribution in [1.29, 1.82) is 0 Å². The summed E-state index contributed by atoms with van der Waals surface area (Å²) < 4.78 is 32.1. The number of methoxy groups -OCH3 is 1. The lowest BCUT2D eigenvalue weighted by Gasteiger charge is -2.21. The monoisotopic (exact) mass is 367 g/mol. The van der Waals surface area contributed by atoms with Crippen molar-refractivity contribution in [2.45, 2.75) is 23.2 Å². The summed E-state index contributed by atoms with van der Waals surface area (Å²) in [6.45, 7) is 1.85. The van der Waals surface area contributed by atoms with E-state index in [0.29, 0.717) is 5.56 Å². The Labute approximate surface area is 146 Å². The van der Waals surface area contributed by atoms with E-state index in [9.17, 15) is 13.2 Å². The summed E-state index contributed by atoms with van der Waals surface area (Å²) in [4.78, 5) is 12.1. The van der Waals surface area contributed by atoms with Crippen molar-refractivity contribution in [3.63, 3.8) is 0 Å². The first-order chi connectivity index (χ1) is 11.3. The first-order valence-corrected chi connectivity index (χ1v) is 9.13. The first kappa shape index (κ1) is 18.4. The number of benzene rings is 2. The van der Waals surface area contributed by atoms with Crippen LogP contribution in [0.5, 0.6) is 0 Å². The predicted molar refractivity (Wildman–Crippen MR) is 92.3 cm³/mol. The molecule has 2 aromatic rings. The molecule has 0 fully saturated rings. The summed E-state index contributed by atoms with van der Waals surface area (Å²) in [5.74, 6) is -0.755. The highest BCUT2D eigenvalue weighted by molar-refractivity contribution is 7.89. The molecule has 0 saturated heterocycles. The van der Waals surface area contributed by atoms with Gasteiger partial charge in [0.1, 0.15) is 6.04 Å². The Kier molecular flexibility index (Phi) is 5.99. The third-order valence-corrected chi connectivity index (χ3v) is 5.44. The van der Waals surface area contributed by atoms with Crippen LogP contribution in [0.25, 0.3) is 0 Å². The SMILES string of the molecule is COC(=O)[C@H](NS(=O)(=O)c1ccc(C)cc1)[C@H](Cl)c1ccccc1. The third kappa shape index (κ3) is 4.35. The van der Waals surface area contributed by atoms with E-state index < -0.39 is 27.4 Å². The zero-order valence-corrected chi connectivity index (χ0v) is 14.8. The van der Waals surface area contributed by atoms with Crippen molar-refractivity contribution < 1.29 is 17.9 Å². The molecule has 0 aliphatic heterocycles. The third-order valence-electron chi connectivity index (χ3n) is 3.48. The molecule has 0 saturated carbocycles. The first-order valence-electron chi connectivity index (χ1n) is 7.21. The smallest absolute Gasteiger partial charge is 0.325 e. The van der Waals surface area contributed by atoms with Gasteiger partial charge in [0, 0.05) is 0 Å². The Hall–Kier alpha value is -1.89. The van der Waals surface area contributed by atoms with Gasteiger partial charge in [0.2, 0.25) is 10.0 Å². The van der Waals surface area contributed by atoms with Crippen LogP contribution in [0.2, 0.25) is 0 Å². The minimum atomic E-state index is -3.92. The van der Waals surface area contributed by atoms with E-state index >= 15 is 0 Å².